The van der Waals surface area contributed by atoms with E-state index in [1.165, 1.54) is 12.1 Å². The maximum absolute atomic E-state index is 12.4. The number of anilines is 1. The normalized spacial score (nSPS) is 10.4. The minimum atomic E-state index is -1.16. The van der Waals surface area contributed by atoms with E-state index in [1.807, 2.05) is 0 Å². The van der Waals surface area contributed by atoms with Crippen molar-refractivity contribution in [2.24, 2.45) is 5.92 Å². The van der Waals surface area contributed by atoms with Gasteiger partial charge in [0.25, 0.3) is 5.91 Å². The summed E-state index contributed by atoms with van der Waals surface area (Å²) >= 11 is 0. The van der Waals surface area contributed by atoms with Gasteiger partial charge in [-0.05, 0) is 55.2 Å². The van der Waals surface area contributed by atoms with Gasteiger partial charge in [-0.25, -0.2) is 4.79 Å². The molecule has 0 bridgehead atoms. The molecular formula is C22H26N2O5. The molecule has 0 aromatic heterocycles. The number of hydrogen-bond acceptors (Lipinski definition) is 5. The Bertz CT molecular complexity index is 847. The molecule has 154 valence electrons. The molecule has 0 aliphatic rings. The first kappa shape index (κ1) is 21.9. The molecule has 0 radical (unpaired) electrons. The Morgan fingerprint density at radius 2 is 1.72 bits per heavy atom. The van der Waals surface area contributed by atoms with E-state index in [0.29, 0.717) is 11.5 Å². The Morgan fingerprint density at radius 3 is 2.38 bits per heavy atom. The Hall–Kier alpha value is -3.35. The predicted octanol–water partition coefficient (Wildman–Crippen LogP) is 3.57. The SMILES string of the molecule is CC(C)CCCNc1ccc(C(=O)Oc2ccccc2C(=O)NCC(=O)O)cc1. The van der Waals surface area contributed by atoms with Crippen molar-refractivity contribution in [1.82, 2.24) is 5.32 Å². The second-order valence-electron chi connectivity index (χ2n) is 7.00. The zero-order valence-corrected chi connectivity index (χ0v) is 16.6. The lowest BCUT2D eigenvalue weighted by atomic mass is 10.1. The van der Waals surface area contributed by atoms with Crippen molar-refractivity contribution >= 4 is 23.5 Å². The van der Waals surface area contributed by atoms with Gasteiger partial charge < -0.3 is 20.5 Å². The molecule has 29 heavy (non-hydrogen) atoms. The molecule has 0 aliphatic carbocycles. The molecule has 2 aromatic carbocycles. The fourth-order valence-corrected chi connectivity index (χ4v) is 2.62. The third-order valence-corrected chi connectivity index (χ3v) is 4.14. The van der Waals surface area contributed by atoms with E-state index >= 15 is 0 Å². The van der Waals surface area contributed by atoms with Crippen molar-refractivity contribution in [2.45, 2.75) is 26.7 Å². The van der Waals surface area contributed by atoms with Crippen LogP contribution in [0.25, 0.3) is 0 Å². The summed E-state index contributed by atoms with van der Waals surface area (Å²) in [4.78, 5) is 35.2. The van der Waals surface area contributed by atoms with Crippen LogP contribution >= 0.6 is 0 Å². The second-order valence-corrected chi connectivity index (χ2v) is 7.00. The lowest BCUT2D eigenvalue weighted by Gasteiger charge is -2.11. The number of benzene rings is 2. The predicted molar refractivity (Wildman–Crippen MR) is 110 cm³/mol. The average molecular weight is 398 g/mol. The van der Waals surface area contributed by atoms with Crippen molar-refractivity contribution in [3.63, 3.8) is 0 Å². The highest BCUT2D eigenvalue weighted by atomic mass is 16.5. The van der Waals surface area contributed by atoms with Crippen LogP contribution in [-0.4, -0.2) is 36.0 Å². The van der Waals surface area contributed by atoms with Gasteiger partial charge in [0.15, 0.2) is 0 Å². The molecule has 0 aliphatic heterocycles. The number of esters is 1. The average Bonchev–Trinajstić information content (AvgIpc) is 2.70. The number of hydrogen-bond donors (Lipinski definition) is 3. The summed E-state index contributed by atoms with van der Waals surface area (Å²) in [7, 11) is 0. The van der Waals surface area contributed by atoms with E-state index in [9.17, 15) is 14.4 Å². The molecule has 0 spiro atoms. The standard InChI is InChI=1S/C22H26N2O5/c1-15(2)6-5-13-23-17-11-9-16(10-12-17)22(28)29-19-8-4-3-7-18(19)21(27)24-14-20(25)26/h3-4,7-12,15,23H,5-6,13-14H2,1-2H3,(H,24,27)(H,25,26). The number of carboxylic acids is 1. The molecule has 1 amide bonds. The Kier molecular flexibility index (Phi) is 8.21. The highest BCUT2D eigenvalue weighted by Gasteiger charge is 2.16. The molecule has 0 unspecified atom stereocenters. The second kappa shape index (κ2) is 10.8. The van der Waals surface area contributed by atoms with Gasteiger partial charge in [0, 0.05) is 12.2 Å². The van der Waals surface area contributed by atoms with Crippen molar-refractivity contribution in [3.05, 3.63) is 59.7 Å². The molecule has 3 N–H and O–H groups in total. The number of aliphatic carboxylic acids is 1. The first-order chi connectivity index (χ1) is 13.9. The molecule has 2 aromatic rings. The van der Waals surface area contributed by atoms with Gasteiger partial charge in [-0.1, -0.05) is 26.0 Å². The molecule has 0 fully saturated rings. The Labute approximate surface area is 170 Å². The van der Waals surface area contributed by atoms with Crippen LogP contribution in [0.1, 0.15) is 47.4 Å². The van der Waals surface area contributed by atoms with Crippen LogP contribution in [0.15, 0.2) is 48.5 Å². The van der Waals surface area contributed by atoms with E-state index in [4.69, 9.17) is 9.84 Å². The number of carbonyl (C=O) groups excluding carboxylic acids is 2. The number of ether oxygens (including phenoxy) is 1. The minimum Gasteiger partial charge on any atom is -0.480 e. The number of nitrogens with one attached hydrogen (secondary N) is 2. The summed E-state index contributed by atoms with van der Waals surface area (Å²) in [6.45, 7) is 4.72. The summed E-state index contributed by atoms with van der Waals surface area (Å²) in [5.74, 6) is -1.66. The highest BCUT2D eigenvalue weighted by Crippen LogP contribution is 2.20. The largest absolute Gasteiger partial charge is 0.480 e. The van der Waals surface area contributed by atoms with Gasteiger partial charge in [0.05, 0.1) is 11.1 Å². The van der Waals surface area contributed by atoms with Crippen LogP contribution in [0.5, 0.6) is 5.75 Å². The van der Waals surface area contributed by atoms with Crippen molar-refractivity contribution in [1.29, 1.82) is 0 Å². The van der Waals surface area contributed by atoms with E-state index in [2.05, 4.69) is 24.5 Å². The molecule has 2 rings (SSSR count). The molecule has 0 atom stereocenters. The third-order valence-electron chi connectivity index (χ3n) is 4.14. The number of para-hydroxylation sites is 1. The van der Waals surface area contributed by atoms with Gasteiger partial charge in [-0.15, -0.1) is 0 Å². The maximum atomic E-state index is 12.4. The summed E-state index contributed by atoms with van der Waals surface area (Å²) in [5, 5.41) is 14.2. The van der Waals surface area contributed by atoms with Crippen LogP contribution < -0.4 is 15.4 Å². The van der Waals surface area contributed by atoms with E-state index in [0.717, 1.165) is 25.1 Å². The quantitative estimate of drug-likeness (QED) is 0.321. The molecule has 7 heteroatoms. The van der Waals surface area contributed by atoms with Gasteiger partial charge in [-0.2, -0.15) is 0 Å². The monoisotopic (exact) mass is 398 g/mol. The topological polar surface area (TPSA) is 105 Å². The van der Waals surface area contributed by atoms with Gasteiger partial charge in [0.1, 0.15) is 12.3 Å². The van der Waals surface area contributed by atoms with Gasteiger partial charge in [-0.3, -0.25) is 9.59 Å². The van der Waals surface area contributed by atoms with E-state index in [1.54, 1.807) is 36.4 Å². The lowest BCUT2D eigenvalue weighted by molar-refractivity contribution is -0.135. The first-order valence-electron chi connectivity index (χ1n) is 9.52. The summed E-state index contributed by atoms with van der Waals surface area (Å²) in [6, 6.07) is 13.1. The first-order valence-corrected chi connectivity index (χ1v) is 9.52. The molecule has 0 saturated heterocycles. The van der Waals surface area contributed by atoms with E-state index in [-0.39, 0.29) is 11.3 Å². The van der Waals surface area contributed by atoms with Crippen molar-refractivity contribution in [2.75, 3.05) is 18.4 Å². The minimum absolute atomic E-state index is 0.0660. The Morgan fingerprint density at radius 1 is 1.03 bits per heavy atom. The molecular weight excluding hydrogens is 372 g/mol. The lowest BCUT2D eigenvalue weighted by Crippen LogP contribution is -2.29. The third kappa shape index (κ3) is 7.29. The van der Waals surface area contributed by atoms with Crippen LogP contribution in [-0.2, 0) is 4.79 Å². The molecule has 0 saturated carbocycles. The van der Waals surface area contributed by atoms with Crippen LogP contribution in [0, 0.1) is 5.92 Å². The number of rotatable bonds is 10. The zero-order valence-electron chi connectivity index (χ0n) is 16.6. The fraction of sp³-hybridized carbons (Fsp3) is 0.318. The highest BCUT2D eigenvalue weighted by molar-refractivity contribution is 6.00. The van der Waals surface area contributed by atoms with Crippen LogP contribution in [0.3, 0.4) is 0 Å². The summed E-state index contributed by atoms with van der Waals surface area (Å²) < 4.78 is 5.36. The Balaban J connectivity index is 1.98. The number of carboxylic acid groups (broad SMARTS) is 1. The zero-order chi connectivity index (χ0) is 21.2. The molecule has 7 nitrogen and oxygen atoms in total. The number of carbonyl (C=O) groups is 3. The summed E-state index contributed by atoms with van der Waals surface area (Å²) in [5.41, 5.74) is 1.35. The van der Waals surface area contributed by atoms with Crippen molar-refractivity contribution < 1.29 is 24.2 Å². The molecule has 0 heterocycles. The fourth-order valence-electron chi connectivity index (χ4n) is 2.62. The number of amides is 1. The van der Waals surface area contributed by atoms with E-state index < -0.39 is 24.4 Å². The van der Waals surface area contributed by atoms with Crippen molar-refractivity contribution in [3.8, 4) is 5.75 Å². The smallest absolute Gasteiger partial charge is 0.343 e. The van der Waals surface area contributed by atoms with Crippen LogP contribution in [0.4, 0.5) is 5.69 Å². The maximum Gasteiger partial charge on any atom is 0.343 e. The van der Waals surface area contributed by atoms with Gasteiger partial charge >= 0.3 is 11.9 Å². The van der Waals surface area contributed by atoms with Gasteiger partial charge in [0.2, 0.25) is 0 Å². The summed E-state index contributed by atoms with van der Waals surface area (Å²) in [6.07, 6.45) is 2.22. The van der Waals surface area contributed by atoms with Crippen LogP contribution in [0.2, 0.25) is 0 Å².